The zero-order valence-corrected chi connectivity index (χ0v) is 21.4. The molecule has 1 aromatic heterocycles. The van der Waals surface area contributed by atoms with Gasteiger partial charge in [0, 0.05) is 44.9 Å². The highest BCUT2D eigenvalue weighted by Gasteiger charge is 2.33. The minimum absolute atomic E-state index is 0.0932. The number of rotatable bonds is 7. The summed E-state index contributed by atoms with van der Waals surface area (Å²) in [7, 11) is 1.76. The Labute approximate surface area is 200 Å². The molecule has 0 fully saturated rings. The van der Waals surface area contributed by atoms with E-state index in [0.29, 0.717) is 12.3 Å². The molecule has 0 saturated heterocycles. The highest BCUT2D eigenvalue weighted by Crippen LogP contribution is 2.30. The van der Waals surface area contributed by atoms with Gasteiger partial charge < -0.3 is 19.6 Å². The van der Waals surface area contributed by atoms with Crippen molar-refractivity contribution in [2.45, 2.75) is 36.6 Å². The van der Waals surface area contributed by atoms with Crippen LogP contribution < -0.4 is 9.64 Å². The first-order valence-corrected chi connectivity index (χ1v) is 13.2. The van der Waals surface area contributed by atoms with E-state index in [1.165, 1.54) is 15.6 Å². The van der Waals surface area contributed by atoms with E-state index in [2.05, 4.69) is 0 Å². The van der Waals surface area contributed by atoms with Gasteiger partial charge in [0.05, 0.1) is 25.6 Å². The zero-order valence-electron chi connectivity index (χ0n) is 19.8. The Balaban J connectivity index is 1.98. The molecular weight excluding hydrogens is 462 g/mol. The van der Waals surface area contributed by atoms with Crippen molar-refractivity contribution in [3.05, 3.63) is 41.3 Å². The van der Waals surface area contributed by atoms with Crippen LogP contribution in [0.15, 0.2) is 39.9 Å². The molecule has 8 nitrogen and oxygen atoms in total. The van der Waals surface area contributed by atoms with Crippen LogP contribution in [0.3, 0.4) is 0 Å². The topological polar surface area (TPSA) is 90.4 Å². The lowest BCUT2D eigenvalue weighted by Crippen LogP contribution is -2.48. The highest BCUT2D eigenvalue weighted by atomic mass is 32.2. The number of amides is 1. The molecule has 2 aromatic rings. The molecule has 1 aliphatic rings. The summed E-state index contributed by atoms with van der Waals surface area (Å²) in [4.78, 5) is 16.8. The molecule has 0 radical (unpaired) electrons. The van der Waals surface area contributed by atoms with Crippen molar-refractivity contribution in [1.29, 1.82) is 0 Å². The summed E-state index contributed by atoms with van der Waals surface area (Å²) in [5.74, 6) is 0.305. The van der Waals surface area contributed by atoms with Crippen molar-refractivity contribution >= 4 is 33.0 Å². The number of carbonyl (C=O) groups excluding carboxylic acids is 1. The number of anilines is 1. The van der Waals surface area contributed by atoms with Gasteiger partial charge in [0.25, 0.3) is 10.0 Å². The predicted octanol–water partition coefficient (Wildman–Crippen LogP) is 2.28. The zero-order chi connectivity index (χ0) is 24.3. The van der Waals surface area contributed by atoms with Crippen molar-refractivity contribution in [2.24, 2.45) is 5.92 Å². The van der Waals surface area contributed by atoms with Crippen LogP contribution >= 0.6 is 11.3 Å². The molecule has 0 bridgehead atoms. The number of hydrogen-bond acceptors (Lipinski definition) is 7. The number of aliphatic hydroxyl groups excluding tert-OH is 1. The fraction of sp³-hybridized carbons (Fsp3) is 0.522. The molecule has 1 aromatic carbocycles. The van der Waals surface area contributed by atoms with Gasteiger partial charge in [-0.25, -0.2) is 8.42 Å². The van der Waals surface area contributed by atoms with Crippen molar-refractivity contribution in [3.8, 4) is 5.75 Å². The van der Waals surface area contributed by atoms with E-state index in [4.69, 9.17) is 4.74 Å². The maximum Gasteiger partial charge on any atom is 0.252 e. The average molecular weight is 496 g/mol. The number of likely N-dealkylation sites (N-methyl/N-ethyl adjacent to an activating group) is 1. The first-order valence-electron chi connectivity index (χ1n) is 10.9. The third-order valence-corrected chi connectivity index (χ3v) is 9.21. The van der Waals surface area contributed by atoms with Crippen LogP contribution in [0.1, 0.15) is 19.4 Å². The van der Waals surface area contributed by atoms with Crippen molar-refractivity contribution in [2.75, 3.05) is 45.7 Å². The molecule has 3 rings (SSSR count). The van der Waals surface area contributed by atoms with Gasteiger partial charge in [0.2, 0.25) is 5.91 Å². The Morgan fingerprint density at radius 3 is 2.61 bits per heavy atom. The third-order valence-electron chi connectivity index (χ3n) is 6.01. The van der Waals surface area contributed by atoms with Crippen molar-refractivity contribution in [1.82, 2.24) is 9.21 Å². The Bertz CT molecular complexity index is 1060. The Morgan fingerprint density at radius 1 is 1.27 bits per heavy atom. The van der Waals surface area contributed by atoms with Crippen LogP contribution in [0, 0.1) is 5.92 Å². The Hall–Kier alpha value is -2.14. The van der Waals surface area contributed by atoms with Gasteiger partial charge >= 0.3 is 0 Å². The van der Waals surface area contributed by atoms with Crippen LogP contribution in [0.2, 0.25) is 0 Å². The van der Waals surface area contributed by atoms with Crippen LogP contribution in [-0.2, 0) is 21.2 Å². The number of thiophene rings is 1. The van der Waals surface area contributed by atoms with Crippen LogP contribution in [0.25, 0.3) is 0 Å². The van der Waals surface area contributed by atoms with Gasteiger partial charge in [-0.2, -0.15) is 4.31 Å². The molecule has 182 valence electrons. The summed E-state index contributed by atoms with van der Waals surface area (Å²) in [6.07, 6.45) is -0.350. The quantitative estimate of drug-likeness (QED) is 0.634. The van der Waals surface area contributed by atoms with Gasteiger partial charge in [-0.1, -0.05) is 13.0 Å². The standard InChI is InChI=1S/C23H33N3O5S2/c1-16-13-26(17(2)15-27)22(28)12-18-11-19(24(3)4)8-9-20(18)31-21(16)14-25(5)33(29,30)23-7-6-10-32-23/h6-11,16-17,21,27H,12-15H2,1-5H3/t16-,17-,21-/m1/s1. The fourth-order valence-electron chi connectivity index (χ4n) is 3.83. The van der Waals surface area contributed by atoms with E-state index < -0.39 is 16.1 Å². The third kappa shape index (κ3) is 5.68. The number of benzene rings is 1. The lowest BCUT2D eigenvalue weighted by Gasteiger charge is -2.33. The summed E-state index contributed by atoms with van der Waals surface area (Å²) >= 11 is 1.18. The van der Waals surface area contributed by atoms with Crippen molar-refractivity contribution < 1.29 is 23.1 Å². The van der Waals surface area contributed by atoms with E-state index in [1.807, 2.05) is 51.0 Å². The normalized spacial score (nSPS) is 20.5. The number of aliphatic hydroxyl groups is 1. The molecule has 33 heavy (non-hydrogen) atoms. The molecule has 1 amide bonds. The van der Waals surface area contributed by atoms with E-state index in [-0.39, 0.29) is 41.6 Å². The van der Waals surface area contributed by atoms with Crippen LogP contribution in [0.4, 0.5) is 5.69 Å². The molecule has 0 saturated carbocycles. The molecule has 1 aliphatic heterocycles. The van der Waals surface area contributed by atoms with Crippen LogP contribution in [-0.4, -0.2) is 81.6 Å². The van der Waals surface area contributed by atoms with Gasteiger partial charge in [-0.15, -0.1) is 11.3 Å². The first kappa shape index (κ1) is 25.5. The summed E-state index contributed by atoms with van der Waals surface area (Å²) < 4.78 is 34.0. The maximum atomic E-state index is 13.2. The number of ether oxygens (including phenoxy) is 1. The molecule has 0 unspecified atom stereocenters. The number of hydrogen-bond donors (Lipinski definition) is 1. The number of sulfonamides is 1. The minimum Gasteiger partial charge on any atom is -0.488 e. The van der Waals surface area contributed by atoms with E-state index >= 15 is 0 Å². The van der Waals surface area contributed by atoms with Crippen LogP contribution in [0.5, 0.6) is 5.75 Å². The second kappa shape index (κ2) is 10.4. The lowest BCUT2D eigenvalue weighted by molar-refractivity contribution is -0.134. The molecular formula is C23H33N3O5S2. The van der Waals surface area contributed by atoms with E-state index in [9.17, 15) is 18.3 Å². The maximum absolute atomic E-state index is 13.2. The first-order chi connectivity index (χ1) is 15.5. The number of fused-ring (bicyclic) bond motifs is 1. The average Bonchev–Trinajstić information content (AvgIpc) is 3.33. The number of nitrogens with zero attached hydrogens (tertiary/aromatic N) is 3. The molecule has 10 heteroatoms. The van der Waals surface area contributed by atoms with Gasteiger partial charge in [-0.3, -0.25) is 4.79 Å². The SMILES string of the molecule is C[C@@H]1CN([C@H](C)CO)C(=O)Cc2cc(N(C)C)ccc2O[C@@H]1CN(C)S(=O)(=O)c1cccs1. The molecule has 2 heterocycles. The monoisotopic (exact) mass is 495 g/mol. The summed E-state index contributed by atoms with van der Waals surface area (Å²) in [5.41, 5.74) is 1.68. The summed E-state index contributed by atoms with van der Waals surface area (Å²) in [6.45, 7) is 4.09. The highest BCUT2D eigenvalue weighted by molar-refractivity contribution is 7.91. The van der Waals surface area contributed by atoms with E-state index in [0.717, 1.165) is 11.3 Å². The second-order valence-corrected chi connectivity index (χ2v) is 12.0. The van der Waals surface area contributed by atoms with E-state index in [1.54, 1.807) is 29.5 Å². The summed E-state index contributed by atoms with van der Waals surface area (Å²) in [5, 5.41) is 11.5. The Kier molecular flexibility index (Phi) is 8.04. The lowest BCUT2D eigenvalue weighted by atomic mass is 10.0. The van der Waals surface area contributed by atoms with Crippen molar-refractivity contribution in [3.63, 3.8) is 0 Å². The summed E-state index contributed by atoms with van der Waals surface area (Å²) in [6, 6.07) is 8.63. The smallest absolute Gasteiger partial charge is 0.252 e. The molecule has 0 spiro atoms. The van der Waals surface area contributed by atoms with Gasteiger partial charge in [0.1, 0.15) is 16.1 Å². The largest absolute Gasteiger partial charge is 0.488 e. The second-order valence-electron chi connectivity index (χ2n) is 8.79. The molecule has 0 aliphatic carbocycles. The van der Waals surface area contributed by atoms with Gasteiger partial charge in [-0.05, 0) is 36.6 Å². The fourth-order valence-corrected chi connectivity index (χ4v) is 6.21. The Morgan fingerprint density at radius 2 is 2.00 bits per heavy atom. The minimum atomic E-state index is -3.64. The van der Waals surface area contributed by atoms with Gasteiger partial charge in [0.15, 0.2) is 0 Å². The number of carbonyl (C=O) groups is 1. The molecule has 1 N–H and O–H groups in total. The predicted molar refractivity (Wildman–Crippen MR) is 130 cm³/mol. The molecule has 3 atom stereocenters.